The van der Waals surface area contributed by atoms with E-state index >= 15 is 0 Å². The quantitative estimate of drug-likeness (QED) is 0.607. The van der Waals surface area contributed by atoms with Crippen molar-refractivity contribution in [2.75, 3.05) is 0 Å². The van der Waals surface area contributed by atoms with Crippen LogP contribution in [0.25, 0.3) is 0 Å². The molecule has 0 aromatic heterocycles. The van der Waals surface area contributed by atoms with Gasteiger partial charge in [0.05, 0.1) is 6.04 Å². The van der Waals surface area contributed by atoms with Gasteiger partial charge in [-0.3, -0.25) is 0 Å². The molecule has 1 rings (SSSR count). The third-order valence-corrected chi connectivity index (χ3v) is 3.28. The molecule has 1 aliphatic rings. The highest BCUT2D eigenvalue weighted by Gasteiger charge is 2.22. The van der Waals surface area contributed by atoms with Gasteiger partial charge in [0.15, 0.2) is 0 Å². The Balaban J connectivity index is 2.14. The number of nitrogens with one attached hydrogen (secondary N) is 1. The minimum atomic E-state index is 0.633. The van der Waals surface area contributed by atoms with Crippen LogP contribution in [-0.4, -0.2) is 12.3 Å². The molecule has 2 nitrogen and oxygen atoms in total. The Morgan fingerprint density at radius 1 is 1.00 bits per heavy atom. The fraction of sp³-hybridized carbons (Fsp3) is 0.923. The summed E-state index contributed by atoms with van der Waals surface area (Å²) < 4.78 is 0. The zero-order valence-electron chi connectivity index (χ0n) is 10.3. The predicted octanol–water partition coefficient (Wildman–Crippen LogP) is 3.72. The second kappa shape index (κ2) is 7.72. The average Bonchev–Trinajstić information content (AvgIpc) is 2.67. The van der Waals surface area contributed by atoms with Crippen LogP contribution in [0.5, 0.6) is 0 Å². The second-order valence-corrected chi connectivity index (χ2v) is 4.67. The first-order chi connectivity index (χ1) is 7.38. The highest BCUT2D eigenvalue weighted by atomic mass is 15.3. The van der Waals surface area contributed by atoms with E-state index in [2.05, 4.69) is 30.6 Å². The zero-order valence-corrected chi connectivity index (χ0v) is 10.3. The third-order valence-electron chi connectivity index (χ3n) is 3.28. The van der Waals surface area contributed by atoms with E-state index in [9.17, 15) is 0 Å². The normalized spacial score (nSPS) is 24.4. The van der Waals surface area contributed by atoms with Crippen LogP contribution in [0, 0.1) is 5.92 Å². The zero-order chi connectivity index (χ0) is 10.9. The van der Waals surface area contributed by atoms with Crippen LogP contribution in [0.2, 0.25) is 0 Å². The highest BCUT2D eigenvalue weighted by Crippen LogP contribution is 2.20. The SMILES string of the molecule is CCCCCC1C=NNC1CCCCC. The maximum Gasteiger partial charge on any atom is 0.0518 e. The first-order valence-corrected chi connectivity index (χ1v) is 6.67. The van der Waals surface area contributed by atoms with Gasteiger partial charge in [0, 0.05) is 12.1 Å². The summed E-state index contributed by atoms with van der Waals surface area (Å²) in [5.74, 6) is 0.702. The largest absolute Gasteiger partial charge is 0.307 e. The van der Waals surface area contributed by atoms with E-state index in [-0.39, 0.29) is 0 Å². The van der Waals surface area contributed by atoms with Gasteiger partial charge in [0.1, 0.15) is 0 Å². The molecule has 2 heteroatoms. The molecule has 2 unspecified atom stereocenters. The molecule has 0 fully saturated rings. The van der Waals surface area contributed by atoms with E-state index < -0.39 is 0 Å². The lowest BCUT2D eigenvalue weighted by molar-refractivity contribution is 0.404. The Bertz CT molecular complexity index is 177. The Morgan fingerprint density at radius 2 is 1.67 bits per heavy atom. The van der Waals surface area contributed by atoms with Crippen molar-refractivity contribution in [2.24, 2.45) is 11.0 Å². The molecule has 0 spiro atoms. The molecule has 1 N–H and O–H groups in total. The molecule has 0 saturated heterocycles. The van der Waals surface area contributed by atoms with Crippen LogP contribution in [0.1, 0.15) is 65.2 Å². The van der Waals surface area contributed by atoms with Crippen molar-refractivity contribution in [3.05, 3.63) is 0 Å². The van der Waals surface area contributed by atoms with E-state index in [1.807, 2.05) is 0 Å². The average molecular weight is 210 g/mol. The molecule has 0 amide bonds. The summed E-state index contributed by atoms with van der Waals surface area (Å²) in [6.07, 6.45) is 12.8. The Morgan fingerprint density at radius 3 is 2.33 bits per heavy atom. The Kier molecular flexibility index (Phi) is 6.45. The summed E-state index contributed by atoms with van der Waals surface area (Å²) in [5.41, 5.74) is 3.26. The monoisotopic (exact) mass is 210 g/mol. The van der Waals surface area contributed by atoms with E-state index in [1.54, 1.807) is 0 Å². The molecular weight excluding hydrogens is 184 g/mol. The van der Waals surface area contributed by atoms with Crippen LogP contribution in [0.15, 0.2) is 5.10 Å². The number of hydrogen-bond donors (Lipinski definition) is 1. The van der Waals surface area contributed by atoms with Gasteiger partial charge in [-0.15, -0.1) is 0 Å². The summed E-state index contributed by atoms with van der Waals surface area (Å²) in [5, 5.41) is 4.23. The molecule has 0 saturated carbocycles. The molecule has 88 valence electrons. The molecule has 1 aliphatic heterocycles. The topological polar surface area (TPSA) is 24.4 Å². The van der Waals surface area contributed by atoms with Crippen LogP contribution in [0.3, 0.4) is 0 Å². The van der Waals surface area contributed by atoms with Crippen molar-refractivity contribution in [1.82, 2.24) is 5.43 Å². The summed E-state index contributed by atoms with van der Waals surface area (Å²) in [6.45, 7) is 4.52. The first-order valence-electron chi connectivity index (χ1n) is 6.67. The van der Waals surface area contributed by atoms with Crippen molar-refractivity contribution in [3.8, 4) is 0 Å². The van der Waals surface area contributed by atoms with Gasteiger partial charge in [-0.05, 0) is 12.8 Å². The maximum atomic E-state index is 4.23. The van der Waals surface area contributed by atoms with Gasteiger partial charge in [0.25, 0.3) is 0 Å². The van der Waals surface area contributed by atoms with Crippen molar-refractivity contribution >= 4 is 6.21 Å². The number of unbranched alkanes of at least 4 members (excludes halogenated alkanes) is 4. The van der Waals surface area contributed by atoms with Gasteiger partial charge in [-0.2, -0.15) is 5.10 Å². The van der Waals surface area contributed by atoms with Crippen molar-refractivity contribution < 1.29 is 0 Å². The van der Waals surface area contributed by atoms with Gasteiger partial charge >= 0.3 is 0 Å². The van der Waals surface area contributed by atoms with Gasteiger partial charge < -0.3 is 5.43 Å². The summed E-state index contributed by atoms with van der Waals surface area (Å²) in [4.78, 5) is 0. The third kappa shape index (κ3) is 4.67. The van der Waals surface area contributed by atoms with Crippen LogP contribution in [-0.2, 0) is 0 Å². The molecule has 2 atom stereocenters. The number of hydrazone groups is 1. The lowest BCUT2D eigenvalue weighted by Gasteiger charge is -2.17. The van der Waals surface area contributed by atoms with Crippen LogP contribution >= 0.6 is 0 Å². The van der Waals surface area contributed by atoms with Crippen molar-refractivity contribution in [3.63, 3.8) is 0 Å². The van der Waals surface area contributed by atoms with Crippen molar-refractivity contribution in [1.29, 1.82) is 0 Å². The Labute approximate surface area is 94.5 Å². The van der Waals surface area contributed by atoms with Crippen molar-refractivity contribution in [2.45, 2.75) is 71.3 Å². The molecule has 0 radical (unpaired) electrons. The molecular formula is C13H26N2. The van der Waals surface area contributed by atoms with E-state index in [4.69, 9.17) is 0 Å². The fourth-order valence-corrected chi connectivity index (χ4v) is 2.23. The standard InChI is InChI=1S/C13H26N2/c1-3-5-7-9-12-11-14-15-13(12)10-8-6-4-2/h11-13,15H,3-10H2,1-2H3. The highest BCUT2D eigenvalue weighted by molar-refractivity contribution is 5.63. The van der Waals surface area contributed by atoms with Gasteiger partial charge in [-0.25, -0.2) is 0 Å². The predicted molar refractivity (Wildman–Crippen MR) is 67.2 cm³/mol. The smallest absolute Gasteiger partial charge is 0.0518 e. The van der Waals surface area contributed by atoms with Gasteiger partial charge in [0.2, 0.25) is 0 Å². The molecule has 1 heterocycles. The van der Waals surface area contributed by atoms with Crippen LogP contribution in [0.4, 0.5) is 0 Å². The summed E-state index contributed by atoms with van der Waals surface area (Å²) in [7, 11) is 0. The number of nitrogens with zero attached hydrogens (tertiary/aromatic N) is 1. The lowest BCUT2D eigenvalue weighted by Crippen LogP contribution is -2.27. The molecule has 0 aromatic carbocycles. The molecule has 15 heavy (non-hydrogen) atoms. The van der Waals surface area contributed by atoms with E-state index in [1.165, 1.54) is 51.4 Å². The summed E-state index contributed by atoms with van der Waals surface area (Å²) >= 11 is 0. The lowest BCUT2D eigenvalue weighted by atomic mass is 9.92. The first kappa shape index (κ1) is 12.5. The minimum Gasteiger partial charge on any atom is -0.307 e. The van der Waals surface area contributed by atoms with Gasteiger partial charge in [-0.1, -0.05) is 52.4 Å². The molecule has 0 aliphatic carbocycles. The number of hydrogen-bond acceptors (Lipinski definition) is 2. The minimum absolute atomic E-state index is 0.633. The van der Waals surface area contributed by atoms with E-state index in [0.717, 1.165) is 0 Å². The summed E-state index contributed by atoms with van der Waals surface area (Å²) in [6, 6.07) is 0.633. The molecule has 0 bridgehead atoms. The fourth-order valence-electron chi connectivity index (χ4n) is 2.23. The van der Waals surface area contributed by atoms with Crippen LogP contribution < -0.4 is 5.43 Å². The molecule has 0 aromatic rings. The Hall–Kier alpha value is -0.530. The maximum absolute atomic E-state index is 4.23. The number of rotatable bonds is 8. The second-order valence-electron chi connectivity index (χ2n) is 4.67. The van der Waals surface area contributed by atoms with E-state index in [0.29, 0.717) is 12.0 Å².